The van der Waals surface area contributed by atoms with Crippen LogP contribution in [0.5, 0.6) is 0 Å². The molecule has 1 saturated carbocycles. The summed E-state index contributed by atoms with van der Waals surface area (Å²) in [7, 11) is -3.74. The van der Waals surface area contributed by atoms with Crippen molar-refractivity contribution >= 4 is 27.0 Å². The van der Waals surface area contributed by atoms with Crippen molar-refractivity contribution in [2.75, 3.05) is 5.73 Å². The summed E-state index contributed by atoms with van der Waals surface area (Å²) in [6, 6.07) is 11.7. The summed E-state index contributed by atoms with van der Waals surface area (Å²) in [5, 5.41) is 9.32. The lowest BCUT2D eigenvalue weighted by molar-refractivity contribution is 0.111. The number of rotatable bonds is 5. The van der Waals surface area contributed by atoms with Gasteiger partial charge in [0.05, 0.1) is 40.1 Å². The minimum atomic E-state index is -3.74. The molecule has 0 spiro atoms. The van der Waals surface area contributed by atoms with Crippen LogP contribution in [0.15, 0.2) is 48.8 Å². The summed E-state index contributed by atoms with van der Waals surface area (Å²) in [4.78, 5) is 8.95. The highest BCUT2D eigenvalue weighted by Crippen LogP contribution is 2.39. The molecule has 0 atom stereocenters. The summed E-state index contributed by atoms with van der Waals surface area (Å²) in [5.41, 5.74) is 9.87. The molecule has 5 rings (SSSR count). The van der Waals surface area contributed by atoms with Crippen LogP contribution in [0, 0.1) is 5.82 Å². The maximum atomic E-state index is 13.6. The van der Waals surface area contributed by atoms with E-state index < -0.39 is 15.3 Å². The summed E-state index contributed by atoms with van der Waals surface area (Å²) < 4.78 is 42.9. The summed E-state index contributed by atoms with van der Waals surface area (Å²) in [5.74, 6) is -0.421. The molecule has 0 saturated heterocycles. The number of aliphatic hydroxyl groups is 1. The van der Waals surface area contributed by atoms with Crippen molar-refractivity contribution in [3.8, 4) is 22.5 Å². The van der Waals surface area contributed by atoms with Gasteiger partial charge in [-0.15, -0.1) is 0 Å². The van der Waals surface area contributed by atoms with E-state index in [0.29, 0.717) is 29.6 Å². The predicted molar refractivity (Wildman–Crippen MR) is 134 cm³/mol. The highest BCUT2D eigenvalue weighted by molar-refractivity contribution is 7.90. The van der Waals surface area contributed by atoms with Crippen LogP contribution in [0.4, 0.5) is 10.3 Å². The van der Waals surface area contributed by atoms with Gasteiger partial charge < -0.3 is 15.4 Å². The third-order valence-corrected chi connectivity index (χ3v) is 8.82. The van der Waals surface area contributed by atoms with Crippen LogP contribution in [-0.4, -0.2) is 43.4 Å². The molecule has 2 aromatic heterocycles. The molecule has 0 aliphatic heterocycles. The molecule has 1 aliphatic rings. The molecular formula is C25H28FN5O3S. The molecule has 0 unspecified atom stereocenters. The number of hydrogen-bond acceptors (Lipinski definition) is 6. The van der Waals surface area contributed by atoms with E-state index in [4.69, 9.17) is 5.73 Å². The second-order valence-electron chi connectivity index (χ2n) is 9.35. The Balaban J connectivity index is 1.72. The van der Waals surface area contributed by atoms with Crippen LogP contribution in [0.2, 0.25) is 0 Å². The Morgan fingerprint density at radius 2 is 1.71 bits per heavy atom. The smallest absolute Gasteiger partial charge is 0.244 e. The number of halogens is 1. The standard InChI is InChI=1S/C25H28FN5O3S/c1-15(2)35(33,34)31-22-13-17(5-12-21(22)29-25(31)27)24-23(16-3-6-18(26)7-4-16)28-14-30(24)19-8-10-20(32)11-9-19/h3-7,12-15,19-20,32H,8-11H2,1-2H3,(H2,27,29)/t19-,20-. The molecule has 1 fully saturated rings. The van der Waals surface area contributed by atoms with E-state index in [1.807, 2.05) is 6.07 Å². The van der Waals surface area contributed by atoms with Crippen LogP contribution >= 0.6 is 0 Å². The van der Waals surface area contributed by atoms with Crippen molar-refractivity contribution in [3.63, 3.8) is 0 Å². The van der Waals surface area contributed by atoms with E-state index >= 15 is 0 Å². The minimum Gasteiger partial charge on any atom is -0.393 e. The number of nitrogens with two attached hydrogens (primary N) is 1. The van der Waals surface area contributed by atoms with Crippen LogP contribution in [0.1, 0.15) is 45.6 Å². The average Bonchev–Trinajstić information content (AvgIpc) is 3.40. The summed E-state index contributed by atoms with van der Waals surface area (Å²) in [6.45, 7) is 3.20. The van der Waals surface area contributed by atoms with Gasteiger partial charge in [0.1, 0.15) is 5.82 Å². The number of nitrogens with zero attached hydrogens (tertiary/aromatic N) is 4. The Hall–Kier alpha value is -3.24. The van der Waals surface area contributed by atoms with Crippen LogP contribution in [-0.2, 0) is 10.0 Å². The zero-order valence-corrected chi connectivity index (χ0v) is 20.4. The number of benzene rings is 2. The maximum Gasteiger partial charge on any atom is 0.244 e. The number of anilines is 1. The lowest BCUT2D eigenvalue weighted by Crippen LogP contribution is -2.23. The van der Waals surface area contributed by atoms with Crippen molar-refractivity contribution in [2.45, 2.75) is 56.9 Å². The molecule has 35 heavy (non-hydrogen) atoms. The molecule has 2 aromatic carbocycles. The summed E-state index contributed by atoms with van der Waals surface area (Å²) >= 11 is 0. The third-order valence-electron chi connectivity index (χ3n) is 6.73. The van der Waals surface area contributed by atoms with E-state index in [-0.39, 0.29) is 23.9 Å². The van der Waals surface area contributed by atoms with Crippen LogP contribution in [0.25, 0.3) is 33.5 Å². The number of imidazole rings is 2. The molecule has 8 nitrogen and oxygen atoms in total. The molecule has 0 bridgehead atoms. The number of fused-ring (bicyclic) bond motifs is 1. The van der Waals surface area contributed by atoms with E-state index in [1.165, 1.54) is 12.1 Å². The quantitative estimate of drug-likeness (QED) is 0.423. The molecule has 1 aliphatic carbocycles. The highest BCUT2D eigenvalue weighted by atomic mass is 32.2. The maximum absolute atomic E-state index is 13.6. The van der Waals surface area contributed by atoms with E-state index in [1.54, 1.807) is 44.4 Å². The van der Waals surface area contributed by atoms with Crippen molar-refractivity contribution in [1.82, 2.24) is 18.5 Å². The third kappa shape index (κ3) is 4.10. The lowest BCUT2D eigenvalue weighted by Gasteiger charge is -2.28. The molecule has 4 aromatic rings. The first-order valence-corrected chi connectivity index (χ1v) is 13.2. The summed E-state index contributed by atoms with van der Waals surface area (Å²) in [6.07, 6.45) is 4.46. The van der Waals surface area contributed by atoms with Crippen molar-refractivity contribution < 1.29 is 17.9 Å². The predicted octanol–water partition coefficient (Wildman–Crippen LogP) is 4.35. The molecular weight excluding hydrogens is 469 g/mol. The zero-order chi connectivity index (χ0) is 24.9. The van der Waals surface area contributed by atoms with E-state index in [0.717, 1.165) is 33.6 Å². The molecule has 0 radical (unpaired) electrons. The Morgan fingerprint density at radius 1 is 1.06 bits per heavy atom. The number of hydrogen-bond donors (Lipinski definition) is 2. The van der Waals surface area contributed by atoms with Gasteiger partial charge >= 0.3 is 0 Å². The number of nitrogen functional groups attached to an aromatic ring is 1. The van der Waals surface area contributed by atoms with E-state index in [2.05, 4.69) is 14.5 Å². The van der Waals surface area contributed by atoms with Crippen LogP contribution in [0.3, 0.4) is 0 Å². The Labute approximate surface area is 203 Å². The zero-order valence-electron chi connectivity index (χ0n) is 19.6. The number of aliphatic hydroxyl groups excluding tert-OH is 1. The van der Waals surface area contributed by atoms with Crippen molar-refractivity contribution in [2.24, 2.45) is 0 Å². The van der Waals surface area contributed by atoms with Gasteiger partial charge in [0.25, 0.3) is 0 Å². The van der Waals surface area contributed by atoms with Gasteiger partial charge in [-0.05, 0) is 75.9 Å². The topological polar surface area (TPSA) is 116 Å². The number of aromatic nitrogens is 4. The molecule has 3 N–H and O–H groups in total. The normalized spacial score (nSPS) is 19.0. The second kappa shape index (κ2) is 8.76. The van der Waals surface area contributed by atoms with Gasteiger partial charge in [-0.3, -0.25) is 0 Å². The second-order valence-corrected chi connectivity index (χ2v) is 11.7. The van der Waals surface area contributed by atoms with Gasteiger partial charge in [0.15, 0.2) is 0 Å². The first-order valence-electron chi connectivity index (χ1n) is 11.7. The molecule has 2 heterocycles. The molecule has 10 heteroatoms. The fraction of sp³-hybridized carbons (Fsp3) is 0.360. The van der Waals surface area contributed by atoms with E-state index in [9.17, 15) is 17.9 Å². The fourth-order valence-electron chi connectivity index (χ4n) is 4.78. The molecule has 184 valence electrons. The SMILES string of the molecule is CC(C)S(=O)(=O)n1c(N)nc2ccc(-c3c(-c4ccc(F)cc4)ncn3[C@H]3CC[C@H](O)CC3)cc21. The Kier molecular flexibility index (Phi) is 5.88. The van der Waals surface area contributed by atoms with Crippen LogP contribution < -0.4 is 5.73 Å². The molecule has 0 amide bonds. The van der Waals surface area contributed by atoms with Gasteiger partial charge in [-0.2, -0.15) is 0 Å². The minimum absolute atomic E-state index is 0.0839. The average molecular weight is 498 g/mol. The fourth-order valence-corrected chi connectivity index (χ4v) is 5.92. The van der Waals surface area contributed by atoms with Gasteiger partial charge in [-0.1, -0.05) is 6.07 Å². The van der Waals surface area contributed by atoms with Crippen molar-refractivity contribution in [3.05, 3.63) is 54.6 Å². The lowest BCUT2D eigenvalue weighted by atomic mass is 9.92. The Morgan fingerprint density at radius 3 is 2.37 bits per heavy atom. The van der Waals surface area contributed by atoms with Gasteiger partial charge in [-0.25, -0.2) is 26.7 Å². The highest BCUT2D eigenvalue weighted by Gasteiger charge is 2.28. The monoisotopic (exact) mass is 497 g/mol. The largest absolute Gasteiger partial charge is 0.393 e. The van der Waals surface area contributed by atoms with Crippen molar-refractivity contribution in [1.29, 1.82) is 0 Å². The first-order chi connectivity index (χ1) is 16.7. The van der Waals surface area contributed by atoms with Gasteiger partial charge in [0.2, 0.25) is 16.0 Å². The van der Waals surface area contributed by atoms with Gasteiger partial charge in [0, 0.05) is 17.2 Å². The first kappa shape index (κ1) is 23.5. The Bertz CT molecular complexity index is 1480.